The highest BCUT2D eigenvalue weighted by Crippen LogP contribution is 2.04. The molecule has 0 saturated carbocycles. The van der Waals surface area contributed by atoms with Crippen molar-refractivity contribution in [3.63, 3.8) is 0 Å². The van der Waals surface area contributed by atoms with Crippen molar-refractivity contribution in [2.24, 2.45) is 5.73 Å². The van der Waals surface area contributed by atoms with Gasteiger partial charge in [-0.25, -0.2) is 4.98 Å². The number of aromatic amines is 1. The molecule has 78 valence electrons. The molecule has 1 heterocycles. The number of aromatic nitrogens is 2. The zero-order valence-electron chi connectivity index (χ0n) is 8.50. The van der Waals surface area contributed by atoms with Crippen LogP contribution in [0.15, 0.2) is 12.4 Å². The smallest absolute Gasteiger partial charge is 0.240 e. The highest BCUT2D eigenvalue weighted by atomic mass is 16.2. The van der Waals surface area contributed by atoms with E-state index in [0.717, 1.165) is 5.82 Å². The minimum absolute atomic E-state index is 0.156. The third-order valence-electron chi connectivity index (χ3n) is 2.22. The van der Waals surface area contributed by atoms with Gasteiger partial charge in [0.05, 0.1) is 12.1 Å². The molecule has 1 unspecified atom stereocenters. The molecule has 0 radical (unpaired) electrons. The van der Waals surface area contributed by atoms with Crippen LogP contribution in [-0.2, 0) is 11.3 Å². The van der Waals surface area contributed by atoms with E-state index >= 15 is 0 Å². The molecule has 1 aromatic heterocycles. The second-order valence-corrected chi connectivity index (χ2v) is 3.49. The van der Waals surface area contributed by atoms with E-state index in [1.165, 1.54) is 0 Å². The van der Waals surface area contributed by atoms with Gasteiger partial charge in [-0.05, 0) is 13.3 Å². The van der Waals surface area contributed by atoms with Crippen LogP contribution >= 0.6 is 0 Å². The van der Waals surface area contributed by atoms with Crippen molar-refractivity contribution in [1.29, 1.82) is 0 Å². The Hall–Kier alpha value is -1.36. The molecule has 14 heavy (non-hydrogen) atoms. The normalized spacial score (nSPS) is 14.8. The molecule has 0 aliphatic heterocycles. The Morgan fingerprint density at radius 1 is 1.79 bits per heavy atom. The minimum atomic E-state index is -0.799. The number of hydrogen-bond acceptors (Lipinski definition) is 3. The Morgan fingerprint density at radius 2 is 2.50 bits per heavy atom. The largest absolute Gasteiger partial charge is 0.347 e. The summed E-state index contributed by atoms with van der Waals surface area (Å²) in [6, 6.07) is 0. The Kier molecular flexibility index (Phi) is 3.24. The molecule has 0 aromatic carbocycles. The molecule has 1 rings (SSSR count). The first-order valence-electron chi connectivity index (χ1n) is 4.61. The average molecular weight is 196 g/mol. The Morgan fingerprint density at radius 3 is 3.00 bits per heavy atom. The van der Waals surface area contributed by atoms with Crippen LogP contribution in [0.4, 0.5) is 0 Å². The summed E-state index contributed by atoms with van der Waals surface area (Å²) >= 11 is 0. The SMILES string of the molecule is CCC(C)(N)C(=O)NCc1ncc[nH]1. The van der Waals surface area contributed by atoms with Crippen LogP contribution in [0, 0.1) is 0 Å². The van der Waals surface area contributed by atoms with Crippen molar-refractivity contribution in [3.8, 4) is 0 Å². The predicted molar refractivity (Wildman–Crippen MR) is 53.3 cm³/mol. The van der Waals surface area contributed by atoms with Crippen LogP contribution in [0.2, 0.25) is 0 Å². The van der Waals surface area contributed by atoms with Crippen LogP contribution in [0.5, 0.6) is 0 Å². The third-order valence-corrected chi connectivity index (χ3v) is 2.22. The summed E-state index contributed by atoms with van der Waals surface area (Å²) in [5.74, 6) is 0.571. The molecule has 0 aliphatic carbocycles. The Bertz CT molecular complexity index is 292. The molecule has 5 nitrogen and oxygen atoms in total. The van der Waals surface area contributed by atoms with E-state index in [9.17, 15) is 4.79 Å². The molecule has 1 atom stereocenters. The molecule has 0 bridgehead atoms. The Labute approximate surface area is 83.1 Å². The summed E-state index contributed by atoms with van der Waals surface area (Å²) < 4.78 is 0. The lowest BCUT2D eigenvalue weighted by atomic mass is 10.00. The van der Waals surface area contributed by atoms with Gasteiger partial charge in [-0.2, -0.15) is 0 Å². The number of nitrogens with zero attached hydrogens (tertiary/aromatic N) is 1. The lowest BCUT2D eigenvalue weighted by molar-refractivity contribution is -0.126. The number of rotatable bonds is 4. The van der Waals surface area contributed by atoms with Gasteiger partial charge in [0.15, 0.2) is 0 Å². The van der Waals surface area contributed by atoms with E-state index in [1.807, 2.05) is 6.92 Å². The van der Waals surface area contributed by atoms with E-state index in [4.69, 9.17) is 5.73 Å². The fourth-order valence-electron chi connectivity index (χ4n) is 0.921. The number of amides is 1. The van der Waals surface area contributed by atoms with Gasteiger partial charge in [-0.3, -0.25) is 4.79 Å². The Balaban J connectivity index is 2.43. The minimum Gasteiger partial charge on any atom is -0.347 e. The van der Waals surface area contributed by atoms with Crippen LogP contribution < -0.4 is 11.1 Å². The van der Waals surface area contributed by atoms with Gasteiger partial charge in [0.2, 0.25) is 5.91 Å². The zero-order valence-corrected chi connectivity index (χ0v) is 8.50. The highest BCUT2D eigenvalue weighted by molar-refractivity contribution is 5.85. The molecule has 0 saturated heterocycles. The standard InChI is InChI=1S/C9H16N4O/c1-3-9(2,10)8(14)13-6-7-11-4-5-12-7/h4-5H,3,6,10H2,1-2H3,(H,11,12)(H,13,14). The maximum Gasteiger partial charge on any atom is 0.240 e. The summed E-state index contributed by atoms with van der Waals surface area (Å²) in [5, 5.41) is 2.72. The number of nitrogens with one attached hydrogen (secondary N) is 2. The second kappa shape index (κ2) is 4.23. The number of carbonyl (C=O) groups is 1. The zero-order chi connectivity index (χ0) is 10.6. The van der Waals surface area contributed by atoms with Crippen LogP contribution in [0.25, 0.3) is 0 Å². The van der Waals surface area contributed by atoms with Crippen molar-refractivity contribution < 1.29 is 4.79 Å². The van der Waals surface area contributed by atoms with Crippen molar-refractivity contribution in [1.82, 2.24) is 15.3 Å². The second-order valence-electron chi connectivity index (χ2n) is 3.49. The summed E-state index contributed by atoms with van der Waals surface area (Å²) in [5.41, 5.74) is 4.96. The molecule has 0 fully saturated rings. The number of carbonyl (C=O) groups excluding carboxylic acids is 1. The predicted octanol–water partition coefficient (Wildman–Crippen LogP) is 0.153. The first-order chi connectivity index (χ1) is 6.56. The molecule has 0 spiro atoms. The number of hydrogen-bond donors (Lipinski definition) is 3. The molecule has 0 aliphatic rings. The molecule has 1 aromatic rings. The average Bonchev–Trinajstić information content (AvgIpc) is 2.66. The number of nitrogens with two attached hydrogens (primary N) is 1. The summed E-state index contributed by atoms with van der Waals surface area (Å²) in [6.07, 6.45) is 3.96. The van der Waals surface area contributed by atoms with Crippen LogP contribution in [-0.4, -0.2) is 21.4 Å². The molecule has 1 amide bonds. The van der Waals surface area contributed by atoms with Crippen molar-refractivity contribution in [3.05, 3.63) is 18.2 Å². The summed E-state index contributed by atoms with van der Waals surface area (Å²) in [7, 11) is 0. The van der Waals surface area contributed by atoms with Gasteiger partial charge < -0.3 is 16.0 Å². The van der Waals surface area contributed by atoms with Crippen LogP contribution in [0.1, 0.15) is 26.1 Å². The number of imidazole rings is 1. The maximum atomic E-state index is 11.5. The molecule has 4 N–H and O–H groups in total. The molecule has 5 heteroatoms. The van der Waals surface area contributed by atoms with Crippen molar-refractivity contribution in [2.45, 2.75) is 32.4 Å². The van der Waals surface area contributed by atoms with Gasteiger partial charge in [0.1, 0.15) is 5.82 Å². The van der Waals surface area contributed by atoms with Crippen molar-refractivity contribution in [2.75, 3.05) is 0 Å². The number of H-pyrrole nitrogens is 1. The highest BCUT2D eigenvalue weighted by Gasteiger charge is 2.25. The third kappa shape index (κ3) is 2.56. The first-order valence-corrected chi connectivity index (χ1v) is 4.61. The molecular formula is C9H16N4O. The lowest BCUT2D eigenvalue weighted by Crippen LogP contribution is -2.50. The van der Waals surface area contributed by atoms with Gasteiger partial charge in [-0.1, -0.05) is 6.92 Å². The van der Waals surface area contributed by atoms with E-state index < -0.39 is 5.54 Å². The fourth-order valence-corrected chi connectivity index (χ4v) is 0.921. The van der Waals surface area contributed by atoms with E-state index in [2.05, 4.69) is 15.3 Å². The van der Waals surface area contributed by atoms with Gasteiger partial charge >= 0.3 is 0 Å². The van der Waals surface area contributed by atoms with Crippen molar-refractivity contribution >= 4 is 5.91 Å². The van der Waals surface area contributed by atoms with E-state index in [0.29, 0.717) is 13.0 Å². The van der Waals surface area contributed by atoms with E-state index in [-0.39, 0.29) is 5.91 Å². The quantitative estimate of drug-likeness (QED) is 0.641. The van der Waals surface area contributed by atoms with Gasteiger partial charge in [0.25, 0.3) is 0 Å². The lowest BCUT2D eigenvalue weighted by Gasteiger charge is -2.20. The van der Waals surface area contributed by atoms with E-state index in [1.54, 1.807) is 19.3 Å². The fraction of sp³-hybridized carbons (Fsp3) is 0.556. The van der Waals surface area contributed by atoms with Crippen LogP contribution in [0.3, 0.4) is 0 Å². The topological polar surface area (TPSA) is 83.8 Å². The molecular weight excluding hydrogens is 180 g/mol. The maximum absolute atomic E-state index is 11.5. The van der Waals surface area contributed by atoms with Gasteiger partial charge in [0, 0.05) is 12.4 Å². The monoisotopic (exact) mass is 196 g/mol. The summed E-state index contributed by atoms with van der Waals surface area (Å²) in [6.45, 7) is 3.98. The van der Waals surface area contributed by atoms with Gasteiger partial charge in [-0.15, -0.1) is 0 Å². The first kappa shape index (κ1) is 10.7. The summed E-state index contributed by atoms with van der Waals surface area (Å²) in [4.78, 5) is 18.4.